The fraction of sp³-hybridized carbons (Fsp3) is 0. The molecule has 1 N–H and O–H groups in total. The molecule has 4 rings (SSSR count). The molecule has 5 heteroatoms. The van der Waals surface area contributed by atoms with Gasteiger partial charge in [0.15, 0.2) is 0 Å². The van der Waals surface area contributed by atoms with Gasteiger partial charge in [0.25, 0.3) is 0 Å². The smallest absolute Gasteiger partial charge is 0.335 e. The molecule has 0 atom stereocenters. The Kier molecular flexibility index (Phi) is 4.48. The first-order valence-electron chi connectivity index (χ1n) is 8.27. The number of fused-ring (bicyclic) bond motifs is 1. The molecule has 3 aromatic carbocycles. The normalized spacial score (nSPS) is 11.7. The van der Waals surface area contributed by atoms with Gasteiger partial charge in [0.1, 0.15) is 11.3 Å². The minimum absolute atomic E-state index is 0.183. The van der Waals surface area contributed by atoms with E-state index in [0.717, 1.165) is 10.9 Å². The van der Waals surface area contributed by atoms with Gasteiger partial charge in [-0.2, -0.15) is 0 Å². The van der Waals surface area contributed by atoms with E-state index in [0.29, 0.717) is 27.4 Å². The quantitative estimate of drug-likeness (QED) is 0.500. The Morgan fingerprint density at radius 1 is 0.926 bits per heavy atom. The van der Waals surface area contributed by atoms with Crippen molar-refractivity contribution in [3.8, 4) is 11.3 Å². The number of hydrogen-bond donors (Lipinski definition) is 1. The fourth-order valence-electron chi connectivity index (χ4n) is 2.83. The average molecular weight is 376 g/mol. The summed E-state index contributed by atoms with van der Waals surface area (Å²) in [6.45, 7) is 0. The maximum absolute atomic E-state index is 11.2. The van der Waals surface area contributed by atoms with Crippen LogP contribution >= 0.6 is 11.6 Å². The molecule has 0 unspecified atom stereocenters. The van der Waals surface area contributed by atoms with Crippen LogP contribution in [0.3, 0.4) is 0 Å². The molecule has 0 saturated carbocycles. The van der Waals surface area contributed by atoms with E-state index in [9.17, 15) is 9.90 Å². The summed E-state index contributed by atoms with van der Waals surface area (Å²) in [5, 5.41) is 11.2. The van der Waals surface area contributed by atoms with Crippen molar-refractivity contribution in [1.29, 1.82) is 0 Å². The molecule has 0 fully saturated rings. The van der Waals surface area contributed by atoms with Gasteiger partial charge in [-0.15, -0.1) is 0 Å². The van der Waals surface area contributed by atoms with Crippen LogP contribution < -0.4 is 5.36 Å². The van der Waals surface area contributed by atoms with Crippen LogP contribution in [0.4, 0.5) is 5.69 Å². The van der Waals surface area contributed by atoms with Crippen molar-refractivity contribution in [3.05, 3.63) is 94.8 Å². The van der Waals surface area contributed by atoms with E-state index in [1.165, 1.54) is 12.1 Å². The summed E-state index contributed by atoms with van der Waals surface area (Å²) in [6, 6.07) is 23.4. The van der Waals surface area contributed by atoms with Gasteiger partial charge in [-0.3, -0.25) is 0 Å². The molecule has 0 aliphatic heterocycles. The number of carboxylic acid groups (broad SMARTS) is 1. The zero-order valence-corrected chi connectivity index (χ0v) is 14.9. The second-order valence-corrected chi connectivity index (χ2v) is 6.41. The third-order valence-electron chi connectivity index (χ3n) is 4.11. The van der Waals surface area contributed by atoms with Crippen molar-refractivity contribution in [3.63, 3.8) is 0 Å². The Morgan fingerprint density at radius 2 is 1.74 bits per heavy atom. The highest BCUT2D eigenvalue weighted by atomic mass is 35.5. The lowest BCUT2D eigenvalue weighted by atomic mass is 10.1. The van der Waals surface area contributed by atoms with E-state index in [4.69, 9.17) is 16.0 Å². The molecule has 0 saturated heterocycles. The summed E-state index contributed by atoms with van der Waals surface area (Å²) in [6.07, 6.45) is 0. The molecule has 0 spiro atoms. The van der Waals surface area contributed by atoms with E-state index < -0.39 is 5.97 Å². The van der Waals surface area contributed by atoms with E-state index >= 15 is 0 Å². The summed E-state index contributed by atoms with van der Waals surface area (Å²) in [7, 11) is 0. The van der Waals surface area contributed by atoms with E-state index in [-0.39, 0.29) is 5.56 Å². The maximum Gasteiger partial charge on any atom is 0.335 e. The van der Waals surface area contributed by atoms with Gasteiger partial charge in [-0.25, -0.2) is 9.79 Å². The SMILES string of the molecule is O=C(O)c1cccc(N=c2cc(-c3ccccc3)oc3ccc(Cl)cc23)c1. The molecule has 132 valence electrons. The predicted molar refractivity (Wildman–Crippen MR) is 105 cm³/mol. The lowest BCUT2D eigenvalue weighted by Crippen LogP contribution is -2.03. The zero-order chi connectivity index (χ0) is 18.8. The van der Waals surface area contributed by atoms with Crippen LogP contribution in [0.2, 0.25) is 5.02 Å². The Balaban J connectivity index is 1.99. The number of aromatic carboxylic acids is 1. The highest BCUT2D eigenvalue weighted by molar-refractivity contribution is 6.31. The van der Waals surface area contributed by atoms with Crippen LogP contribution in [0.1, 0.15) is 10.4 Å². The van der Waals surface area contributed by atoms with Crippen LogP contribution in [0.5, 0.6) is 0 Å². The van der Waals surface area contributed by atoms with Gasteiger partial charge >= 0.3 is 5.97 Å². The van der Waals surface area contributed by atoms with E-state index in [2.05, 4.69) is 4.99 Å². The van der Waals surface area contributed by atoms with Crippen LogP contribution in [-0.2, 0) is 0 Å². The topological polar surface area (TPSA) is 62.8 Å². The van der Waals surface area contributed by atoms with Gasteiger partial charge < -0.3 is 9.52 Å². The molecule has 0 bridgehead atoms. The van der Waals surface area contributed by atoms with Crippen molar-refractivity contribution in [2.24, 2.45) is 4.99 Å². The first-order valence-corrected chi connectivity index (χ1v) is 8.65. The number of carboxylic acids is 1. The fourth-order valence-corrected chi connectivity index (χ4v) is 3.00. The van der Waals surface area contributed by atoms with Crippen molar-refractivity contribution in [1.82, 2.24) is 0 Å². The van der Waals surface area contributed by atoms with Crippen molar-refractivity contribution < 1.29 is 14.3 Å². The number of nitrogens with zero attached hydrogens (tertiary/aromatic N) is 1. The molecule has 1 heterocycles. The predicted octanol–water partition coefficient (Wildman–Crippen LogP) is 5.68. The molecular weight excluding hydrogens is 362 g/mol. The monoisotopic (exact) mass is 375 g/mol. The summed E-state index contributed by atoms with van der Waals surface area (Å²) in [4.78, 5) is 15.9. The lowest BCUT2D eigenvalue weighted by molar-refractivity contribution is 0.0697. The minimum Gasteiger partial charge on any atom is -0.478 e. The molecule has 1 aromatic heterocycles. The summed E-state index contributed by atoms with van der Waals surface area (Å²) >= 11 is 6.16. The Morgan fingerprint density at radius 3 is 2.52 bits per heavy atom. The number of hydrogen-bond acceptors (Lipinski definition) is 3. The Bertz CT molecular complexity index is 1210. The average Bonchev–Trinajstić information content (AvgIpc) is 2.69. The van der Waals surface area contributed by atoms with Gasteiger partial charge in [0.05, 0.1) is 16.6 Å². The van der Waals surface area contributed by atoms with E-state index in [1.54, 1.807) is 30.3 Å². The van der Waals surface area contributed by atoms with Crippen molar-refractivity contribution in [2.75, 3.05) is 0 Å². The highest BCUT2D eigenvalue weighted by Crippen LogP contribution is 2.24. The first-order chi connectivity index (χ1) is 13.1. The molecule has 0 aliphatic carbocycles. The van der Waals surface area contributed by atoms with Crippen molar-refractivity contribution in [2.45, 2.75) is 0 Å². The molecule has 0 radical (unpaired) electrons. The molecule has 4 nitrogen and oxygen atoms in total. The second kappa shape index (κ2) is 7.09. The third-order valence-corrected chi connectivity index (χ3v) is 4.34. The number of halogens is 1. The highest BCUT2D eigenvalue weighted by Gasteiger charge is 2.08. The molecule has 0 amide bonds. The lowest BCUT2D eigenvalue weighted by Gasteiger charge is -2.06. The first kappa shape index (κ1) is 17.1. The Hall–Kier alpha value is -3.37. The van der Waals surface area contributed by atoms with Gasteiger partial charge in [0.2, 0.25) is 0 Å². The van der Waals surface area contributed by atoms with Crippen LogP contribution in [-0.4, -0.2) is 11.1 Å². The van der Waals surface area contributed by atoms with Crippen LogP contribution in [0.25, 0.3) is 22.3 Å². The standard InChI is InChI=1S/C22H14ClNO3/c23-16-9-10-20-18(12-16)19(13-21(27-20)14-5-2-1-3-6-14)24-17-8-4-7-15(11-17)22(25)26/h1-13H,(H,25,26). The zero-order valence-electron chi connectivity index (χ0n) is 14.1. The minimum atomic E-state index is -0.993. The molecule has 27 heavy (non-hydrogen) atoms. The van der Waals surface area contributed by atoms with Crippen LogP contribution in [0.15, 0.2) is 88.3 Å². The second-order valence-electron chi connectivity index (χ2n) is 5.97. The Labute approximate surface area is 160 Å². The van der Waals surface area contributed by atoms with Gasteiger partial charge in [0, 0.05) is 22.0 Å². The maximum atomic E-state index is 11.2. The third kappa shape index (κ3) is 3.61. The molecule has 0 aliphatic rings. The summed E-state index contributed by atoms with van der Waals surface area (Å²) < 4.78 is 6.03. The number of rotatable bonds is 3. The van der Waals surface area contributed by atoms with Crippen molar-refractivity contribution >= 4 is 34.2 Å². The molecule has 4 aromatic rings. The summed E-state index contributed by atoms with van der Waals surface area (Å²) in [5.74, 6) is -0.327. The van der Waals surface area contributed by atoms with Gasteiger partial charge in [-0.05, 0) is 36.4 Å². The number of carbonyl (C=O) groups is 1. The molecular formula is C22H14ClNO3. The van der Waals surface area contributed by atoms with Gasteiger partial charge in [-0.1, -0.05) is 48.0 Å². The van der Waals surface area contributed by atoms with Crippen LogP contribution in [0, 0.1) is 0 Å². The number of benzene rings is 3. The summed E-state index contributed by atoms with van der Waals surface area (Å²) in [5.41, 5.74) is 2.29. The van der Waals surface area contributed by atoms with E-state index in [1.807, 2.05) is 36.4 Å². The largest absolute Gasteiger partial charge is 0.478 e.